The van der Waals surface area contributed by atoms with Crippen LogP contribution in [0.1, 0.15) is 30.5 Å². The van der Waals surface area contributed by atoms with Gasteiger partial charge < -0.3 is 10.1 Å². The van der Waals surface area contributed by atoms with Gasteiger partial charge in [-0.15, -0.1) is 0 Å². The van der Waals surface area contributed by atoms with Gasteiger partial charge in [0.25, 0.3) is 0 Å². The number of rotatable bonds is 4. The highest BCUT2D eigenvalue weighted by Crippen LogP contribution is 2.33. The van der Waals surface area contributed by atoms with Crippen LogP contribution in [-0.2, 0) is 6.42 Å². The molecule has 0 aliphatic heterocycles. The molecular weight excluding hydrogens is 198 g/mol. The van der Waals surface area contributed by atoms with Gasteiger partial charge in [-0.3, -0.25) is 0 Å². The Morgan fingerprint density at radius 2 is 2.38 bits per heavy atom. The Labute approximate surface area is 97.3 Å². The summed E-state index contributed by atoms with van der Waals surface area (Å²) < 4.78 is 5.63. The minimum absolute atomic E-state index is 0.527. The number of ether oxygens (including phenoxy) is 1. The predicted octanol–water partition coefficient (Wildman–Crippen LogP) is 2.85. The number of allylic oxidation sites excluding steroid dienone is 1. The molecule has 0 radical (unpaired) electrons. The van der Waals surface area contributed by atoms with Crippen molar-refractivity contribution in [3.05, 3.63) is 41.5 Å². The molecule has 2 heteroatoms. The second kappa shape index (κ2) is 5.17. The first-order valence-electron chi connectivity index (χ1n) is 5.89. The number of hydrogen-bond acceptors (Lipinski definition) is 2. The number of fused-ring (bicyclic) bond motifs is 1. The SMILES string of the molecule is C/C=C/COc1ccc2c(c1)CCC2NC. The Bertz CT molecular complexity index is 384. The van der Waals surface area contributed by atoms with Crippen LogP contribution < -0.4 is 10.1 Å². The van der Waals surface area contributed by atoms with E-state index in [1.807, 2.05) is 26.1 Å². The first-order valence-corrected chi connectivity index (χ1v) is 5.89. The average molecular weight is 217 g/mol. The Kier molecular flexibility index (Phi) is 3.62. The van der Waals surface area contributed by atoms with E-state index in [1.165, 1.54) is 17.5 Å². The fourth-order valence-corrected chi connectivity index (χ4v) is 2.22. The maximum atomic E-state index is 5.63. The van der Waals surface area contributed by atoms with Gasteiger partial charge in [-0.05, 0) is 50.1 Å². The molecule has 0 heterocycles. The van der Waals surface area contributed by atoms with Gasteiger partial charge >= 0.3 is 0 Å². The lowest BCUT2D eigenvalue weighted by atomic mass is 10.1. The minimum atomic E-state index is 0.527. The van der Waals surface area contributed by atoms with Gasteiger partial charge in [-0.25, -0.2) is 0 Å². The Morgan fingerprint density at radius 3 is 3.12 bits per heavy atom. The molecule has 1 aliphatic rings. The summed E-state index contributed by atoms with van der Waals surface area (Å²) in [5, 5.41) is 3.34. The average Bonchev–Trinajstić information content (AvgIpc) is 2.71. The summed E-state index contributed by atoms with van der Waals surface area (Å²) >= 11 is 0. The van der Waals surface area contributed by atoms with Crippen molar-refractivity contribution in [2.24, 2.45) is 0 Å². The molecule has 1 atom stereocenters. The normalized spacial score (nSPS) is 19.0. The summed E-state index contributed by atoms with van der Waals surface area (Å²) in [5.74, 6) is 0.980. The lowest BCUT2D eigenvalue weighted by molar-refractivity contribution is 0.362. The van der Waals surface area contributed by atoms with Crippen molar-refractivity contribution in [2.45, 2.75) is 25.8 Å². The zero-order valence-electron chi connectivity index (χ0n) is 9.99. The lowest BCUT2D eigenvalue weighted by Gasteiger charge is -2.10. The second-order valence-electron chi connectivity index (χ2n) is 4.12. The molecule has 0 bridgehead atoms. The van der Waals surface area contributed by atoms with Gasteiger partial charge in [-0.2, -0.15) is 0 Å². The third-order valence-electron chi connectivity index (χ3n) is 3.12. The van der Waals surface area contributed by atoms with Crippen molar-refractivity contribution in [1.82, 2.24) is 5.32 Å². The highest BCUT2D eigenvalue weighted by Gasteiger charge is 2.20. The Hall–Kier alpha value is -1.28. The standard InChI is InChI=1S/C14H19NO/c1-3-4-9-16-12-6-7-13-11(10-12)5-8-14(13)15-2/h3-4,6-7,10,14-15H,5,8-9H2,1-2H3/b4-3+. The van der Waals surface area contributed by atoms with E-state index in [1.54, 1.807) is 0 Å². The van der Waals surface area contributed by atoms with E-state index in [2.05, 4.69) is 23.5 Å². The quantitative estimate of drug-likeness (QED) is 0.783. The van der Waals surface area contributed by atoms with Crippen LogP contribution in [0, 0.1) is 0 Å². The molecule has 0 fully saturated rings. The summed E-state index contributed by atoms with van der Waals surface area (Å²) in [7, 11) is 2.02. The number of hydrogen-bond donors (Lipinski definition) is 1. The third-order valence-corrected chi connectivity index (χ3v) is 3.12. The topological polar surface area (TPSA) is 21.3 Å². The number of benzene rings is 1. The molecule has 1 aliphatic carbocycles. The van der Waals surface area contributed by atoms with E-state index in [0.29, 0.717) is 12.6 Å². The van der Waals surface area contributed by atoms with Crippen LogP contribution in [0.4, 0.5) is 0 Å². The van der Waals surface area contributed by atoms with Crippen LogP contribution >= 0.6 is 0 Å². The molecule has 16 heavy (non-hydrogen) atoms. The molecule has 0 amide bonds. The molecule has 1 aromatic carbocycles. The van der Waals surface area contributed by atoms with Crippen molar-refractivity contribution in [1.29, 1.82) is 0 Å². The van der Waals surface area contributed by atoms with Crippen molar-refractivity contribution < 1.29 is 4.74 Å². The van der Waals surface area contributed by atoms with Gasteiger partial charge in [0.1, 0.15) is 12.4 Å². The maximum Gasteiger partial charge on any atom is 0.120 e. The van der Waals surface area contributed by atoms with E-state index in [4.69, 9.17) is 4.74 Å². The van der Waals surface area contributed by atoms with Crippen molar-refractivity contribution in [3.8, 4) is 5.75 Å². The van der Waals surface area contributed by atoms with Gasteiger partial charge in [0.15, 0.2) is 0 Å². The fraction of sp³-hybridized carbons (Fsp3) is 0.429. The zero-order chi connectivity index (χ0) is 11.4. The van der Waals surface area contributed by atoms with Crippen molar-refractivity contribution in [3.63, 3.8) is 0 Å². The van der Waals surface area contributed by atoms with Crippen LogP contribution in [0.3, 0.4) is 0 Å². The molecule has 2 nitrogen and oxygen atoms in total. The molecule has 2 rings (SSSR count). The Morgan fingerprint density at radius 1 is 1.50 bits per heavy atom. The van der Waals surface area contributed by atoms with Gasteiger partial charge in [-0.1, -0.05) is 18.2 Å². The maximum absolute atomic E-state index is 5.63. The lowest BCUT2D eigenvalue weighted by Crippen LogP contribution is -2.12. The molecule has 0 saturated heterocycles. The molecule has 0 aromatic heterocycles. The van der Waals surface area contributed by atoms with Crippen molar-refractivity contribution >= 4 is 0 Å². The molecule has 0 spiro atoms. The molecule has 0 saturated carbocycles. The highest BCUT2D eigenvalue weighted by atomic mass is 16.5. The second-order valence-corrected chi connectivity index (χ2v) is 4.12. The first-order chi connectivity index (χ1) is 7.85. The fourth-order valence-electron chi connectivity index (χ4n) is 2.22. The summed E-state index contributed by atoms with van der Waals surface area (Å²) in [6, 6.07) is 6.96. The third kappa shape index (κ3) is 2.27. The van der Waals surface area contributed by atoms with Crippen LogP contribution in [0.5, 0.6) is 5.75 Å². The van der Waals surface area contributed by atoms with E-state index < -0.39 is 0 Å². The summed E-state index contributed by atoms with van der Waals surface area (Å²) in [6.07, 6.45) is 6.37. The molecular formula is C14H19NO. The van der Waals surface area contributed by atoms with E-state index >= 15 is 0 Å². The van der Waals surface area contributed by atoms with Gasteiger partial charge in [0.05, 0.1) is 0 Å². The van der Waals surface area contributed by atoms with E-state index in [9.17, 15) is 0 Å². The van der Waals surface area contributed by atoms with Crippen LogP contribution in [-0.4, -0.2) is 13.7 Å². The molecule has 86 valence electrons. The smallest absolute Gasteiger partial charge is 0.120 e. The van der Waals surface area contributed by atoms with E-state index in [-0.39, 0.29) is 0 Å². The molecule has 1 aromatic rings. The van der Waals surface area contributed by atoms with Crippen molar-refractivity contribution in [2.75, 3.05) is 13.7 Å². The minimum Gasteiger partial charge on any atom is -0.490 e. The molecule has 1 unspecified atom stereocenters. The molecule has 1 N–H and O–H groups in total. The largest absolute Gasteiger partial charge is 0.490 e. The van der Waals surface area contributed by atoms with E-state index in [0.717, 1.165) is 12.2 Å². The zero-order valence-corrected chi connectivity index (χ0v) is 9.99. The number of aryl methyl sites for hydroxylation is 1. The summed E-state index contributed by atoms with van der Waals surface area (Å²) in [5.41, 5.74) is 2.86. The highest BCUT2D eigenvalue weighted by molar-refractivity contribution is 5.40. The predicted molar refractivity (Wildman–Crippen MR) is 66.9 cm³/mol. The summed E-state index contributed by atoms with van der Waals surface area (Å²) in [4.78, 5) is 0. The monoisotopic (exact) mass is 217 g/mol. The van der Waals surface area contributed by atoms with Crippen LogP contribution in [0.2, 0.25) is 0 Å². The van der Waals surface area contributed by atoms with Gasteiger partial charge in [0, 0.05) is 6.04 Å². The Balaban J connectivity index is 2.09. The first kappa shape index (κ1) is 11.2. The van der Waals surface area contributed by atoms with Gasteiger partial charge in [0.2, 0.25) is 0 Å². The number of nitrogens with one attached hydrogen (secondary N) is 1. The van der Waals surface area contributed by atoms with Crippen LogP contribution in [0.15, 0.2) is 30.4 Å². The summed E-state index contributed by atoms with van der Waals surface area (Å²) in [6.45, 7) is 2.66. The van der Waals surface area contributed by atoms with Crippen LogP contribution in [0.25, 0.3) is 0 Å².